The zero-order valence-corrected chi connectivity index (χ0v) is 15.5. The number of nitrogens with one attached hydrogen (secondary N) is 2. The summed E-state index contributed by atoms with van der Waals surface area (Å²) in [5.41, 5.74) is 1.61. The molecule has 27 heavy (non-hydrogen) atoms. The average molecular weight is 370 g/mol. The number of hydrogen-bond acceptors (Lipinski definition) is 3. The molecule has 7 nitrogen and oxygen atoms in total. The predicted molar refractivity (Wildman–Crippen MR) is 103 cm³/mol. The third-order valence-electron chi connectivity index (χ3n) is 5.81. The van der Waals surface area contributed by atoms with E-state index in [1.54, 1.807) is 18.2 Å². The van der Waals surface area contributed by atoms with Crippen molar-refractivity contribution >= 4 is 22.8 Å². The van der Waals surface area contributed by atoms with Crippen molar-refractivity contribution in [2.45, 2.75) is 38.5 Å². The van der Waals surface area contributed by atoms with E-state index in [-0.39, 0.29) is 23.4 Å². The molecule has 0 bridgehead atoms. The molecule has 0 unspecified atom stereocenters. The second-order valence-corrected chi connectivity index (χ2v) is 7.65. The van der Waals surface area contributed by atoms with E-state index in [9.17, 15) is 14.4 Å². The summed E-state index contributed by atoms with van der Waals surface area (Å²) in [6.45, 7) is 2.53. The van der Waals surface area contributed by atoms with E-state index >= 15 is 0 Å². The van der Waals surface area contributed by atoms with Crippen LogP contribution in [0, 0.1) is 5.92 Å². The minimum Gasteiger partial charge on any atom is -0.341 e. The molecule has 0 radical (unpaired) electrons. The minimum atomic E-state index is -0.277. The number of amides is 2. The van der Waals surface area contributed by atoms with Crippen LogP contribution >= 0.6 is 0 Å². The molecular formula is C20H26N4O3. The molecule has 2 heterocycles. The molecule has 4 rings (SSSR count). The van der Waals surface area contributed by atoms with E-state index in [0.29, 0.717) is 36.2 Å². The van der Waals surface area contributed by atoms with E-state index in [1.807, 2.05) is 9.80 Å². The Kier molecular flexibility index (Phi) is 5.01. The highest BCUT2D eigenvalue weighted by Crippen LogP contribution is 2.26. The number of H-pyrrole nitrogens is 2. The molecular weight excluding hydrogens is 344 g/mol. The second kappa shape index (κ2) is 7.58. The van der Waals surface area contributed by atoms with E-state index in [2.05, 4.69) is 9.97 Å². The molecule has 1 aliphatic heterocycles. The van der Waals surface area contributed by atoms with Gasteiger partial charge < -0.3 is 19.8 Å². The summed E-state index contributed by atoms with van der Waals surface area (Å²) in [6, 6.07) is 5.20. The number of benzene rings is 1. The summed E-state index contributed by atoms with van der Waals surface area (Å²) in [4.78, 5) is 46.2. The molecule has 1 aliphatic carbocycles. The summed E-state index contributed by atoms with van der Waals surface area (Å²) < 4.78 is 0. The van der Waals surface area contributed by atoms with Gasteiger partial charge in [0.25, 0.3) is 5.91 Å². The highest BCUT2D eigenvalue weighted by molar-refractivity contribution is 5.97. The molecule has 7 heteroatoms. The van der Waals surface area contributed by atoms with Crippen LogP contribution in [0.1, 0.15) is 48.9 Å². The number of aromatic nitrogens is 2. The number of rotatable bonds is 2. The van der Waals surface area contributed by atoms with Gasteiger partial charge in [-0.1, -0.05) is 19.3 Å². The summed E-state index contributed by atoms with van der Waals surface area (Å²) in [5, 5.41) is 0. The van der Waals surface area contributed by atoms with Crippen LogP contribution < -0.4 is 5.69 Å². The lowest BCUT2D eigenvalue weighted by Crippen LogP contribution is -2.40. The summed E-state index contributed by atoms with van der Waals surface area (Å²) in [6.07, 6.45) is 6.35. The Hall–Kier alpha value is -2.57. The number of nitrogens with zero attached hydrogens (tertiary/aromatic N) is 2. The normalized spacial score (nSPS) is 19.3. The van der Waals surface area contributed by atoms with Gasteiger partial charge in [0.1, 0.15) is 0 Å². The van der Waals surface area contributed by atoms with Crippen LogP contribution in [-0.2, 0) is 4.79 Å². The number of hydrogen-bond donors (Lipinski definition) is 2. The Morgan fingerprint density at radius 1 is 0.852 bits per heavy atom. The van der Waals surface area contributed by atoms with Gasteiger partial charge in [-0.05, 0) is 37.5 Å². The number of carbonyl (C=O) groups is 2. The Labute approximate surface area is 157 Å². The van der Waals surface area contributed by atoms with Crippen molar-refractivity contribution in [1.29, 1.82) is 0 Å². The fourth-order valence-electron chi connectivity index (χ4n) is 4.30. The monoisotopic (exact) mass is 370 g/mol. The maximum absolute atomic E-state index is 12.9. The second-order valence-electron chi connectivity index (χ2n) is 7.65. The first-order valence-electron chi connectivity index (χ1n) is 9.92. The third kappa shape index (κ3) is 3.77. The van der Waals surface area contributed by atoms with Crippen LogP contribution in [0.5, 0.6) is 0 Å². The van der Waals surface area contributed by atoms with Crippen molar-refractivity contribution in [3.8, 4) is 0 Å². The molecule has 2 aliphatic rings. The van der Waals surface area contributed by atoms with E-state index in [1.165, 1.54) is 6.42 Å². The molecule has 2 aromatic rings. The largest absolute Gasteiger partial charge is 0.341 e. The molecule has 1 saturated carbocycles. The quantitative estimate of drug-likeness (QED) is 0.848. The van der Waals surface area contributed by atoms with Crippen LogP contribution in [0.4, 0.5) is 0 Å². The Morgan fingerprint density at radius 3 is 2.37 bits per heavy atom. The van der Waals surface area contributed by atoms with Gasteiger partial charge in [0.2, 0.25) is 5.91 Å². The maximum Gasteiger partial charge on any atom is 0.323 e. The smallest absolute Gasteiger partial charge is 0.323 e. The summed E-state index contributed by atoms with van der Waals surface area (Å²) >= 11 is 0. The molecule has 0 spiro atoms. The molecule has 144 valence electrons. The number of carbonyl (C=O) groups excluding carboxylic acids is 2. The highest BCUT2D eigenvalue weighted by atomic mass is 16.2. The van der Waals surface area contributed by atoms with E-state index in [0.717, 1.165) is 38.6 Å². The Balaban J connectivity index is 1.42. The van der Waals surface area contributed by atoms with E-state index in [4.69, 9.17) is 0 Å². The van der Waals surface area contributed by atoms with Crippen molar-refractivity contribution in [2.24, 2.45) is 5.92 Å². The molecule has 0 atom stereocenters. The number of imidazole rings is 1. The minimum absolute atomic E-state index is 0.0501. The van der Waals surface area contributed by atoms with Crippen molar-refractivity contribution in [1.82, 2.24) is 19.8 Å². The standard InChI is InChI=1S/C20H26N4O3/c25-18(14-5-2-1-3-6-14)23-9-4-10-24(12-11-23)19(26)15-7-8-16-17(13-15)22-20(27)21-16/h7-8,13-14H,1-6,9-12H2,(H2,21,22,27). The van der Waals surface area contributed by atoms with Crippen LogP contribution in [0.15, 0.2) is 23.0 Å². The first-order valence-corrected chi connectivity index (χ1v) is 9.92. The summed E-state index contributed by atoms with van der Waals surface area (Å²) in [7, 11) is 0. The molecule has 1 saturated heterocycles. The van der Waals surface area contributed by atoms with Crippen LogP contribution in [0.3, 0.4) is 0 Å². The first-order chi connectivity index (χ1) is 13.1. The highest BCUT2D eigenvalue weighted by Gasteiger charge is 2.28. The number of fused-ring (bicyclic) bond motifs is 1. The van der Waals surface area contributed by atoms with Gasteiger partial charge in [-0.25, -0.2) is 4.79 Å². The molecule has 2 amide bonds. The Bertz CT molecular complexity index is 894. The molecule has 1 aromatic carbocycles. The molecule has 1 aromatic heterocycles. The zero-order chi connectivity index (χ0) is 18.8. The first kappa shape index (κ1) is 17.8. The van der Waals surface area contributed by atoms with Crippen molar-refractivity contribution < 1.29 is 9.59 Å². The van der Waals surface area contributed by atoms with E-state index < -0.39 is 0 Å². The van der Waals surface area contributed by atoms with Gasteiger partial charge in [-0.3, -0.25) is 9.59 Å². The lowest BCUT2D eigenvalue weighted by molar-refractivity contribution is -0.136. The van der Waals surface area contributed by atoms with Gasteiger partial charge in [-0.15, -0.1) is 0 Å². The van der Waals surface area contributed by atoms with Gasteiger partial charge in [-0.2, -0.15) is 0 Å². The SMILES string of the molecule is O=C(c1ccc2[nH]c(=O)[nH]c2c1)N1CCCN(C(=O)C2CCCCC2)CC1. The topological polar surface area (TPSA) is 89.3 Å². The van der Waals surface area contributed by atoms with Crippen molar-refractivity contribution in [2.75, 3.05) is 26.2 Å². The molecule has 2 N–H and O–H groups in total. The third-order valence-corrected chi connectivity index (χ3v) is 5.81. The predicted octanol–water partition coefficient (Wildman–Crippen LogP) is 2.11. The fraction of sp³-hybridized carbons (Fsp3) is 0.550. The van der Waals surface area contributed by atoms with Gasteiger partial charge in [0.05, 0.1) is 11.0 Å². The van der Waals surface area contributed by atoms with Gasteiger partial charge >= 0.3 is 5.69 Å². The van der Waals surface area contributed by atoms with Crippen LogP contribution in [-0.4, -0.2) is 57.8 Å². The maximum atomic E-state index is 12.9. The van der Waals surface area contributed by atoms with Crippen molar-refractivity contribution in [3.63, 3.8) is 0 Å². The lowest BCUT2D eigenvalue weighted by Gasteiger charge is -2.28. The van der Waals surface area contributed by atoms with Crippen molar-refractivity contribution in [3.05, 3.63) is 34.2 Å². The average Bonchev–Trinajstić information content (AvgIpc) is 2.90. The van der Waals surface area contributed by atoms with Gasteiger partial charge in [0, 0.05) is 37.7 Å². The number of aromatic amines is 2. The van der Waals surface area contributed by atoms with Crippen LogP contribution in [0.25, 0.3) is 11.0 Å². The Morgan fingerprint density at radius 2 is 1.56 bits per heavy atom. The van der Waals surface area contributed by atoms with Gasteiger partial charge in [0.15, 0.2) is 0 Å². The lowest BCUT2D eigenvalue weighted by atomic mass is 9.88. The fourth-order valence-corrected chi connectivity index (χ4v) is 4.30. The molecule has 2 fully saturated rings. The van der Waals surface area contributed by atoms with Crippen LogP contribution in [0.2, 0.25) is 0 Å². The summed E-state index contributed by atoms with van der Waals surface area (Å²) in [5.74, 6) is 0.398. The zero-order valence-electron chi connectivity index (χ0n) is 15.5.